The first-order valence-electron chi connectivity index (χ1n) is 5.79. The number of imidazole rings is 1. The molecule has 2 aromatic rings. The van der Waals surface area contributed by atoms with E-state index in [0.717, 1.165) is 33.2 Å². The number of aromatic nitrogens is 2. The number of benzene rings is 1. The second-order valence-electron chi connectivity index (χ2n) is 3.93. The lowest BCUT2D eigenvalue weighted by atomic mass is 10.3. The molecule has 96 valence electrons. The Kier molecular flexibility index (Phi) is 4.74. The van der Waals surface area contributed by atoms with Gasteiger partial charge in [-0.1, -0.05) is 22.0 Å². The molecule has 0 amide bonds. The fraction of sp³-hybridized carbons (Fsp3) is 0.308. The number of hydrogen-bond acceptors (Lipinski definition) is 2. The van der Waals surface area contributed by atoms with Gasteiger partial charge in [0.2, 0.25) is 0 Å². The summed E-state index contributed by atoms with van der Waals surface area (Å²) in [6.45, 7) is 5.78. The van der Waals surface area contributed by atoms with E-state index in [1.165, 1.54) is 0 Å². The molecule has 0 atom stereocenters. The van der Waals surface area contributed by atoms with Crippen LogP contribution in [0.1, 0.15) is 6.42 Å². The number of rotatable bonds is 6. The standard InChI is InChI=1S/C13H15BrN2OS/c1-2-3-7-17-8-6-16-12-9-10(14)4-5-11(12)15-13(16)18/h2,4-5,9H,1,3,6-8H2,(H,15,18). The summed E-state index contributed by atoms with van der Waals surface area (Å²) in [5, 5.41) is 0. The molecule has 0 aliphatic rings. The number of aromatic amines is 1. The molecular formula is C13H15BrN2OS. The minimum Gasteiger partial charge on any atom is -0.379 e. The maximum atomic E-state index is 5.52. The monoisotopic (exact) mass is 326 g/mol. The molecule has 0 saturated carbocycles. The van der Waals surface area contributed by atoms with Crippen molar-refractivity contribution in [2.24, 2.45) is 0 Å². The number of nitrogens with one attached hydrogen (secondary N) is 1. The van der Waals surface area contributed by atoms with E-state index in [1.54, 1.807) is 0 Å². The van der Waals surface area contributed by atoms with Crippen LogP contribution in [0.15, 0.2) is 35.3 Å². The van der Waals surface area contributed by atoms with Crippen molar-refractivity contribution in [2.45, 2.75) is 13.0 Å². The minimum absolute atomic E-state index is 0.654. The number of fused-ring (bicyclic) bond motifs is 1. The van der Waals surface area contributed by atoms with E-state index in [2.05, 4.69) is 38.1 Å². The quantitative estimate of drug-likeness (QED) is 0.493. The van der Waals surface area contributed by atoms with Gasteiger partial charge in [0.25, 0.3) is 0 Å². The maximum Gasteiger partial charge on any atom is 0.178 e. The highest BCUT2D eigenvalue weighted by Gasteiger charge is 2.04. The number of ether oxygens (including phenoxy) is 1. The zero-order chi connectivity index (χ0) is 13.0. The van der Waals surface area contributed by atoms with Crippen molar-refractivity contribution in [3.05, 3.63) is 40.1 Å². The summed E-state index contributed by atoms with van der Waals surface area (Å²) in [6, 6.07) is 6.08. The first-order chi connectivity index (χ1) is 8.72. The average molecular weight is 327 g/mol. The second kappa shape index (κ2) is 6.31. The van der Waals surface area contributed by atoms with E-state index in [1.807, 2.05) is 18.2 Å². The van der Waals surface area contributed by atoms with Crippen LogP contribution in [0.25, 0.3) is 11.0 Å². The molecule has 0 saturated heterocycles. The molecular weight excluding hydrogens is 312 g/mol. The van der Waals surface area contributed by atoms with Gasteiger partial charge in [-0.2, -0.15) is 0 Å². The fourth-order valence-electron chi connectivity index (χ4n) is 1.77. The highest BCUT2D eigenvalue weighted by atomic mass is 79.9. The van der Waals surface area contributed by atoms with Gasteiger partial charge >= 0.3 is 0 Å². The molecule has 1 N–H and O–H groups in total. The van der Waals surface area contributed by atoms with Crippen molar-refractivity contribution in [1.82, 2.24) is 9.55 Å². The van der Waals surface area contributed by atoms with Crippen LogP contribution in [0.2, 0.25) is 0 Å². The van der Waals surface area contributed by atoms with Crippen LogP contribution in [0.3, 0.4) is 0 Å². The third-order valence-electron chi connectivity index (χ3n) is 2.66. The third kappa shape index (κ3) is 3.10. The Morgan fingerprint density at radius 2 is 2.28 bits per heavy atom. The molecule has 5 heteroatoms. The summed E-state index contributed by atoms with van der Waals surface area (Å²) in [7, 11) is 0. The van der Waals surface area contributed by atoms with Crippen LogP contribution in [-0.4, -0.2) is 22.8 Å². The Balaban J connectivity index is 2.12. The van der Waals surface area contributed by atoms with Crippen molar-refractivity contribution in [1.29, 1.82) is 0 Å². The summed E-state index contributed by atoms with van der Waals surface area (Å²) in [5.41, 5.74) is 2.15. The average Bonchev–Trinajstić information content (AvgIpc) is 2.65. The van der Waals surface area contributed by atoms with Gasteiger partial charge in [-0.3, -0.25) is 0 Å². The molecule has 2 rings (SSSR count). The van der Waals surface area contributed by atoms with Gasteiger partial charge < -0.3 is 14.3 Å². The van der Waals surface area contributed by atoms with Crippen LogP contribution in [-0.2, 0) is 11.3 Å². The number of halogens is 1. The highest BCUT2D eigenvalue weighted by molar-refractivity contribution is 9.10. The summed E-state index contributed by atoms with van der Waals surface area (Å²) in [6.07, 6.45) is 2.74. The smallest absolute Gasteiger partial charge is 0.178 e. The number of nitrogens with zero attached hydrogens (tertiary/aromatic N) is 1. The van der Waals surface area contributed by atoms with E-state index in [-0.39, 0.29) is 0 Å². The molecule has 0 spiro atoms. The maximum absolute atomic E-state index is 5.52. The minimum atomic E-state index is 0.654. The molecule has 1 aromatic heterocycles. The molecule has 1 heterocycles. The lowest BCUT2D eigenvalue weighted by Gasteiger charge is -2.05. The molecule has 0 fully saturated rings. The van der Waals surface area contributed by atoms with E-state index >= 15 is 0 Å². The van der Waals surface area contributed by atoms with Gasteiger partial charge in [-0.25, -0.2) is 0 Å². The van der Waals surface area contributed by atoms with Crippen molar-refractivity contribution in [3.8, 4) is 0 Å². The fourth-order valence-corrected chi connectivity index (χ4v) is 2.42. The van der Waals surface area contributed by atoms with Crippen LogP contribution in [0.5, 0.6) is 0 Å². The zero-order valence-corrected chi connectivity index (χ0v) is 12.4. The Bertz CT molecular complexity index is 603. The van der Waals surface area contributed by atoms with Crippen molar-refractivity contribution in [3.63, 3.8) is 0 Å². The van der Waals surface area contributed by atoms with E-state index < -0.39 is 0 Å². The van der Waals surface area contributed by atoms with Crippen LogP contribution in [0, 0.1) is 4.77 Å². The summed E-state index contributed by atoms with van der Waals surface area (Å²) in [5.74, 6) is 0. The van der Waals surface area contributed by atoms with Gasteiger partial charge in [0.1, 0.15) is 0 Å². The molecule has 3 nitrogen and oxygen atoms in total. The van der Waals surface area contributed by atoms with E-state index in [4.69, 9.17) is 17.0 Å². The van der Waals surface area contributed by atoms with Crippen molar-refractivity contribution >= 4 is 39.2 Å². The molecule has 0 aliphatic heterocycles. The van der Waals surface area contributed by atoms with Gasteiger partial charge in [-0.05, 0) is 36.8 Å². The van der Waals surface area contributed by atoms with Crippen LogP contribution >= 0.6 is 28.1 Å². The summed E-state index contributed by atoms with van der Waals surface area (Å²) >= 11 is 8.79. The number of H-pyrrole nitrogens is 1. The Hall–Kier alpha value is -0.910. The SMILES string of the molecule is C=CCCOCCn1c(=S)[nH]c2ccc(Br)cc21. The summed E-state index contributed by atoms with van der Waals surface area (Å²) in [4.78, 5) is 3.19. The lowest BCUT2D eigenvalue weighted by Crippen LogP contribution is -2.06. The normalized spacial score (nSPS) is 10.9. The molecule has 0 bridgehead atoms. The lowest BCUT2D eigenvalue weighted by molar-refractivity contribution is 0.131. The van der Waals surface area contributed by atoms with E-state index in [0.29, 0.717) is 13.2 Å². The third-order valence-corrected chi connectivity index (χ3v) is 3.48. The Morgan fingerprint density at radius 1 is 1.44 bits per heavy atom. The Labute approximate surface area is 120 Å². The first-order valence-corrected chi connectivity index (χ1v) is 6.99. The van der Waals surface area contributed by atoms with E-state index in [9.17, 15) is 0 Å². The number of hydrogen-bond donors (Lipinski definition) is 1. The second-order valence-corrected chi connectivity index (χ2v) is 5.24. The molecule has 0 unspecified atom stereocenters. The Morgan fingerprint density at radius 3 is 3.06 bits per heavy atom. The highest BCUT2D eigenvalue weighted by Crippen LogP contribution is 2.19. The largest absolute Gasteiger partial charge is 0.379 e. The van der Waals surface area contributed by atoms with Crippen molar-refractivity contribution < 1.29 is 4.74 Å². The van der Waals surface area contributed by atoms with Crippen LogP contribution < -0.4 is 0 Å². The predicted molar refractivity (Wildman–Crippen MR) is 80.5 cm³/mol. The van der Waals surface area contributed by atoms with Gasteiger partial charge in [0.05, 0.1) is 24.2 Å². The zero-order valence-electron chi connectivity index (χ0n) is 9.99. The molecule has 1 aromatic carbocycles. The van der Waals surface area contributed by atoms with Gasteiger partial charge in [-0.15, -0.1) is 6.58 Å². The van der Waals surface area contributed by atoms with Gasteiger partial charge in [0.15, 0.2) is 4.77 Å². The van der Waals surface area contributed by atoms with Gasteiger partial charge in [0, 0.05) is 11.0 Å². The molecule has 0 radical (unpaired) electrons. The predicted octanol–water partition coefficient (Wildman–Crippen LogP) is 4.05. The van der Waals surface area contributed by atoms with Crippen molar-refractivity contribution in [2.75, 3.05) is 13.2 Å². The summed E-state index contributed by atoms with van der Waals surface area (Å²) < 4.78 is 9.35. The molecule has 18 heavy (non-hydrogen) atoms. The molecule has 0 aliphatic carbocycles. The first kappa shape index (κ1) is 13.5. The van der Waals surface area contributed by atoms with Crippen LogP contribution in [0.4, 0.5) is 0 Å². The topological polar surface area (TPSA) is 29.9 Å².